The monoisotopic (exact) mass is 439 g/mol. The predicted octanol–water partition coefficient (Wildman–Crippen LogP) is 3.02. The summed E-state index contributed by atoms with van der Waals surface area (Å²) in [6.45, 7) is 0. The van der Waals surface area contributed by atoms with Gasteiger partial charge in [-0.05, 0) is 45.2 Å². The van der Waals surface area contributed by atoms with Crippen LogP contribution in [0.15, 0.2) is 6.20 Å². The Morgan fingerprint density at radius 2 is 2.13 bits per heavy atom. The molecule has 7 heteroatoms. The van der Waals surface area contributed by atoms with Crippen LogP contribution in [0.1, 0.15) is 22.5 Å². The number of carbonyl (C=O) groups is 1. The highest BCUT2D eigenvalue weighted by Crippen LogP contribution is 2.30. The average molecular weight is 439 g/mol. The third-order valence-electron chi connectivity index (χ3n) is 1.61. The van der Waals surface area contributed by atoms with Crippen molar-refractivity contribution in [3.8, 4) is 0 Å². The van der Waals surface area contributed by atoms with Crippen molar-refractivity contribution in [2.75, 3.05) is 7.11 Å². The molecule has 0 atom stereocenters. The first-order valence-corrected chi connectivity index (χ1v) is 5.85. The first-order valence-electron chi connectivity index (χ1n) is 3.69. The highest BCUT2D eigenvalue weighted by atomic mass is 127. The number of hydrogen-bond acceptors (Lipinski definition) is 3. The van der Waals surface area contributed by atoms with Crippen molar-refractivity contribution in [3.05, 3.63) is 24.6 Å². The zero-order chi connectivity index (χ0) is 11.6. The highest BCUT2D eigenvalue weighted by molar-refractivity contribution is 14.1. The van der Waals surface area contributed by atoms with E-state index in [0.717, 1.165) is 0 Å². The lowest BCUT2D eigenvalue weighted by Gasteiger charge is -2.08. The summed E-state index contributed by atoms with van der Waals surface area (Å²) >= 11 is 3.43. The van der Waals surface area contributed by atoms with E-state index in [0.29, 0.717) is 3.57 Å². The molecule has 0 bridgehead atoms. The number of ether oxygens (including phenoxy) is 1. The van der Waals surface area contributed by atoms with Crippen molar-refractivity contribution in [2.24, 2.45) is 0 Å². The molecule has 1 aromatic heterocycles. The van der Waals surface area contributed by atoms with Crippen molar-refractivity contribution in [1.82, 2.24) is 4.98 Å². The first-order chi connectivity index (χ1) is 6.99. The Morgan fingerprint density at radius 3 is 2.60 bits per heavy atom. The average Bonchev–Trinajstić information content (AvgIpc) is 2.16. The molecule has 0 aliphatic heterocycles. The van der Waals surface area contributed by atoms with Crippen LogP contribution in [-0.2, 0) is 4.74 Å². The molecule has 0 aromatic carbocycles. The summed E-state index contributed by atoms with van der Waals surface area (Å²) in [6, 6.07) is 0. The van der Waals surface area contributed by atoms with Gasteiger partial charge in [0.25, 0.3) is 6.43 Å². The molecule has 0 spiro atoms. The van der Waals surface area contributed by atoms with Crippen molar-refractivity contribution < 1.29 is 18.3 Å². The van der Waals surface area contributed by atoms with Crippen LogP contribution in [0.25, 0.3) is 0 Å². The molecule has 0 fully saturated rings. The smallest absolute Gasteiger partial charge is 0.357 e. The van der Waals surface area contributed by atoms with Crippen LogP contribution in [0.5, 0.6) is 0 Å². The van der Waals surface area contributed by atoms with Gasteiger partial charge in [0.1, 0.15) is 0 Å². The molecule has 0 N–H and O–H groups in total. The summed E-state index contributed by atoms with van der Waals surface area (Å²) in [7, 11) is 1.18. The second kappa shape index (κ2) is 5.32. The maximum Gasteiger partial charge on any atom is 0.357 e. The molecule has 15 heavy (non-hydrogen) atoms. The van der Waals surface area contributed by atoms with Crippen LogP contribution in [0.2, 0.25) is 0 Å². The van der Waals surface area contributed by atoms with Gasteiger partial charge in [-0.3, -0.25) is 0 Å². The van der Waals surface area contributed by atoms with E-state index in [4.69, 9.17) is 0 Å². The Kier molecular flexibility index (Phi) is 4.62. The van der Waals surface area contributed by atoms with E-state index in [2.05, 4.69) is 9.72 Å². The van der Waals surface area contributed by atoms with E-state index in [-0.39, 0.29) is 14.8 Å². The van der Waals surface area contributed by atoms with Gasteiger partial charge in [-0.1, -0.05) is 0 Å². The fourth-order valence-corrected chi connectivity index (χ4v) is 2.96. The Morgan fingerprint density at radius 1 is 1.53 bits per heavy atom. The predicted molar refractivity (Wildman–Crippen MR) is 66.0 cm³/mol. The van der Waals surface area contributed by atoms with Crippen LogP contribution >= 0.6 is 45.2 Å². The summed E-state index contributed by atoms with van der Waals surface area (Å²) < 4.78 is 30.2. The molecule has 1 rings (SSSR count). The van der Waals surface area contributed by atoms with E-state index in [1.54, 1.807) is 45.2 Å². The number of methoxy groups -OCH3 is 1. The van der Waals surface area contributed by atoms with Crippen LogP contribution in [0.3, 0.4) is 0 Å². The molecule has 0 aliphatic carbocycles. The fourth-order valence-electron chi connectivity index (χ4n) is 0.919. The highest BCUT2D eigenvalue weighted by Gasteiger charge is 2.22. The van der Waals surface area contributed by atoms with E-state index >= 15 is 0 Å². The third-order valence-corrected chi connectivity index (χ3v) is 3.56. The van der Waals surface area contributed by atoms with Gasteiger partial charge >= 0.3 is 5.97 Å². The summed E-state index contributed by atoms with van der Waals surface area (Å²) in [5.41, 5.74) is -0.250. The molecular formula is C8H5F2I2NO2. The maximum atomic E-state index is 12.6. The summed E-state index contributed by atoms with van der Waals surface area (Å²) in [6.07, 6.45) is -1.40. The summed E-state index contributed by atoms with van der Waals surface area (Å²) in [5.74, 6) is -0.710. The Balaban J connectivity index is 3.35. The number of hydrogen-bond donors (Lipinski definition) is 0. The lowest BCUT2D eigenvalue weighted by molar-refractivity contribution is 0.0592. The van der Waals surface area contributed by atoms with Gasteiger partial charge < -0.3 is 4.74 Å². The number of alkyl halides is 2. The number of carbonyl (C=O) groups excluding carboxylic acids is 1. The number of rotatable bonds is 2. The lowest BCUT2D eigenvalue weighted by atomic mass is 10.2. The Hall–Kier alpha value is -0.0600. The molecule has 0 unspecified atom stereocenters. The molecule has 0 saturated heterocycles. The van der Waals surface area contributed by atoms with Gasteiger partial charge in [-0.15, -0.1) is 0 Å². The van der Waals surface area contributed by atoms with Gasteiger partial charge in [0.15, 0.2) is 5.69 Å². The molecule has 0 saturated carbocycles. The van der Waals surface area contributed by atoms with Crippen LogP contribution in [-0.4, -0.2) is 18.1 Å². The number of nitrogens with zero attached hydrogens (tertiary/aromatic N) is 1. The zero-order valence-corrected chi connectivity index (χ0v) is 11.7. The molecule has 0 aliphatic rings. The second-order valence-corrected chi connectivity index (χ2v) is 4.72. The van der Waals surface area contributed by atoms with Gasteiger partial charge in [0.2, 0.25) is 0 Å². The van der Waals surface area contributed by atoms with E-state index in [9.17, 15) is 13.6 Å². The van der Waals surface area contributed by atoms with Crippen molar-refractivity contribution in [2.45, 2.75) is 6.43 Å². The van der Waals surface area contributed by atoms with Crippen molar-refractivity contribution in [1.29, 1.82) is 0 Å². The standard InChI is InChI=1S/C8H5F2I2NO2/c1-15-8(14)6-5(12)4(7(9)10)3(11)2-13-6/h2,7H,1H3. The summed E-state index contributed by atoms with van der Waals surface area (Å²) in [5, 5.41) is 0. The van der Waals surface area contributed by atoms with Gasteiger partial charge in [-0.25, -0.2) is 18.6 Å². The first kappa shape index (κ1) is 13.0. The summed E-state index contributed by atoms with van der Waals surface area (Å²) in [4.78, 5) is 15.0. The molecule has 1 aromatic rings. The third kappa shape index (κ3) is 2.74. The lowest BCUT2D eigenvalue weighted by Crippen LogP contribution is -2.10. The minimum Gasteiger partial charge on any atom is -0.464 e. The quantitative estimate of drug-likeness (QED) is 0.526. The zero-order valence-electron chi connectivity index (χ0n) is 7.43. The van der Waals surface area contributed by atoms with Gasteiger partial charge in [0.05, 0.1) is 10.7 Å². The van der Waals surface area contributed by atoms with Crippen molar-refractivity contribution in [3.63, 3.8) is 0 Å². The molecule has 0 radical (unpaired) electrons. The topological polar surface area (TPSA) is 39.2 Å². The molecule has 0 amide bonds. The van der Waals surface area contributed by atoms with Crippen LogP contribution < -0.4 is 0 Å². The molecular weight excluding hydrogens is 434 g/mol. The van der Waals surface area contributed by atoms with Gasteiger partial charge in [-0.2, -0.15) is 0 Å². The Bertz CT molecular complexity index is 398. The minimum atomic E-state index is -2.63. The van der Waals surface area contributed by atoms with E-state index in [1.807, 2.05) is 0 Å². The molecule has 1 heterocycles. The van der Waals surface area contributed by atoms with Crippen molar-refractivity contribution >= 4 is 51.2 Å². The SMILES string of the molecule is COC(=O)c1ncc(I)c(C(F)F)c1I. The normalized spacial score (nSPS) is 10.5. The van der Waals surface area contributed by atoms with E-state index < -0.39 is 12.4 Å². The van der Waals surface area contributed by atoms with Crippen LogP contribution in [0.4, 0.5) is 8.78 Å². The number of aromatic nitrogens is 1. The largest absolute Gasteiger partial charge is 0.464 e. The number of halogens is 4. The molecule has 82 valence electrons. The van der Waals surface area contributed by atoms with Crippen LogP contribution in [0, 0.1) is 7.14 Å². The molecule has 3 nitrogen and oxygen atoms in total. The Labute approximate surface area is 112 Å². The number of esters is 1. The minimum absolute atomic E-state index is 0.0752. The number of pyridine rings is 1. The van der Waals surface area contributed by atoms with E-state index in [1.165, 1.54) is 13.3 Å². The van der Waals surface area contributed by atoms with Gasteiger partial charge in [0, 0.05) is 15.3 Å². The second-order valence-electron chi connectivity index (χ2n) is 2.47. The maximum absolute atomic E-state index is 12.6. The fraction of sp³-hybridized carbons (Fsp3) is 0.250.